The summed E-state index contributed by atoms with van der Waals surface area (Å²) in [6.07, 6.45) is 16.4. The number of carbonyl (C=O) groups is 2. The number of allylic oxidation sites excluding steroid dienone is 7. The highest BCUT2D eigenvalue weighted by Crippen LogP contribution is 2.27. The van der Waals surface area contributed by atoms with Crippen molar-refractivity contribution in [2.75, 3.05) is 0 Å². The Balaban J connectivity index is 2.41. The van der Waals surface area contributed by atoms with Crippen LogP contribution in [0.15, 0.2) is 48.1 Å². The molecule has 25 heavy (non-hydrogen) atoms. The highest BCUT2D eigenvalue weighted by Gasteiger charge is 2.27. The van der Waals surface area contributed by atoms with Gasteiger partial charge >= 0.3 is 5.97 Å². The molecule has 0 aromatic carbocycles. The Morgan fingerprint density at radius 3 is 2.72 bits per heavy atom. The standard InChI is InChI=1S/C21H30O4/c1-16(2)8-7-9-18(22)14-12-17-13-15-20(23)19(17)10-5-3-4-6-11-21(24)25/h3,5,8,12-15,17-19,22H,4,6-7,9-11H2,1-2H3,(H,24,25)/t17-,18+,19-/m1/s1. The molecule has 3 atom stereocenters. The summed E-state index contributed by atoms with van der Waals surface area (Å²) < 4.78 is 0. The highest BCUT2D eigenvalue weighted by molar-refractivity contribution is 5.95. The molecule has 0 saturated carbocycles. The van der Waals surface area contributed by atoms with Crippen molar-refractivity contribution in [2.24, 2.45) is 11.8 Å². The number of unbranched alkanes of at least 4 members (excludes halogenated alkanes) is 1. The van der Waals surface area contributed by atoms with E-state index in [2.05, 4.69) is 6.08 Å². The van der Waals surface area contributed by atoms with Crippen LogP contribution in [0.2, 0.25) is 0 Å². The molecule has 0 amide bonds. The van der Waals surface area contributed by atoms with E-state index in [-0.39, 0.29) is 24.0 Å². The SMILES string of the molecule is CC(C)=CCC[C@H](O)C=C[C@@H]1C=CC(=O)[C@@H]1CC=CCCCC(=O)O. The van der Waals surface area contributed by atoms with E-state index >= 15 is 0 Å². The highest BCUT2D eigenvalue weighted by atomic mass is 16.4. The van der Waals surface area contributed by atoms with Crippen molar-refractivity contribution >= 4 is 11.8 Å². The van der Waals surface area contributed by atoms with Gasteiger partial charge in [0.15, 0.2) is 5.78 Å². The lowest BCUT2D eigenvalue weighted by Gasteiger charge is -2.13. The van der Waals surface area contributed by atoms with Crippen LogP contribution in [0.25, 0.3) is 0 Å². The Morgan fingerprint density at radius 2 is 2.04 bits per heavy atom. The maximum atomic E-state index is 12.0. The number of carboxylic acids is 1. The van der Waals surface area contributed by atoms with Gasteiger partial charge in [0.25, 0.3) is 0 Å². The van der Waals surface area contributed by atoms with E-state index in [1.54, 1.807) is 12.2 Å². The van der Waals surface area contributed by atoms with E-state index in [1.165, 1.54) is 5.57 Å². The van der Waals surface area contributed by atoms with E-state index in [9.17, 15) is 14.7 Å². The van der Waals surface area contributed by atoms with Gasteiger partial charge in [-0.05, 0) is 52.0 Å². The van der Waals surface area contributed by atoms with Gasteiger partial charge in [-0.25, -0.2) is 0 Å². The van der Waals surface area contributed by atoms with E-state index in [4.69, 9.17) is 5.11 Å². The maximum absolute atomic E-state index is 12.0. The molecule has 2 N–H and O–H groups in total. The largest absolute Gasteiger partial charge is 0.481 e. The van der Waals surface area contributed by atoms with Crippen molar-refractivity contribution in [3.05, 3.63) is 48.1 Å². The number of hydrogen-bond acceptors (Lipinski definition) is 3. The van der Waals surface area contributed by atoms with Crippen LogP contribution in [0.1, 0.15) is 52.4 Å². The molecule has 1 aliphatic rings. The third-order valence-corrected chi connectivity index (χ3v) is 4.20. The molecule has 4 nitrogen and oxygen atoms in total. The molecule has 138 valence electrons. The fraction of sp³-hybridized carbons (Fsp3) is 0.524. The van der Waals surface area contributed by atoms with Gasteiger partial charge in [0.2, 0.25) is 0 Å². The van der Waals surface area contributed by atoms with Crippen molar-refractivity contribution < 1.29 is 19.8 Å². The molecule has 0 radical (unpaired) electrons. The number of hydrogen-bond donors (Lipinski definition) is 2. The van der Waals surface area contributed by atoms with Gasteiger partial charge in [0.1, 0.15) is 0 Å². The number of ketones is 1. The minimum atomic E-state index is -0.781. The van der Waals surface area contributed by atoms with Gasteiger partial charge < -0.3 is 10.2 Å². The Bertz CT molecular complexity index is 550. The molecular formula is C21H30O4. The molecule has 0 unspecified atom stereocenters. The first-order valence-corrected chi connectivity index (χ1v) is 8.98. The summed E-state index contributed by atoms with van der Waals surface area (Å²) in [7, 11) is 0. The van der Waals surface area contributed by atoms with Crippen LogP contribution in [-0.2, 0) is 9.59 Å². The van der Waals surface area contributed by atoms with Crippen LogP contribution in [-0.4, -0.2) is 28.1 Å². The second kappa shape index (κ2) is 11.6. The molecule has 0 aromatic rings. The van der Waals surface area contributed by atoms with Crippen LogP contribution in [0.4, 0.5) is 0 Å². The molecule has 0 aliphatic heterocycles. The lowest BCUT2D eigenvalue weighted by molar-refractivity contribution is -0.137. The van der Waals surface area contributed by atoms with Crippen LogP contribution >= 0.6 is 0 Å². The van der Waals surface area contributed by atoms with Gasteiger partial charge in [-0.3, -0.25) is 9.59 Å². The number of aliphatic hydroxyl groups is 1. The molecule has 0 saturated heterocycles. The summed E-state index contributed by atoms with van der Waals surface area (Å²) in [5.74, 6) is -0.757. The lowest BCUT2D eigenvalue weighted by atomic mass is 9.90. The van der Waals surface area contributed by atoms with Crippen molar-refractivity contribution in [3.63, 3.8) is 0 Å². The Labute approximate surface area is 150 Å². The van der Waals surface area contributed by atoms with Gasteiger partial charge in [-0.1, -0.05) is 42.0 Å². The van der Waals surface area contributed by atoms with E-state index in [0.29, 0.717) is 25.7 Å². The summed E-state index contributed by atoms with van der Waals surface area (Å²) in [5, 5.41) is 18.6. The van der Waals surface area contributed by atoms with Gasteiger partial charge in [-0.2, -0.15) is 0 Å². The Hall–Kier alpha value is -1.94. The quantitative estimate of drug-likeness (QED) is 0.434. The number of carboxylic acid groups (broad SMARTS) is 1. The zero-order valence-corrected chi connectivity index (χ0v) is 15.2. The van der Waals surface area contributed by atoms with Crippen LogP contribution in [0.3, 0.4) is 0 Å². The molecule has 4 heteroatoms. The van der Waals surface area contributed by atoms with Crippen molar-refractivity contribution in [1.82, 2.24) is 0 Å². The fourth-order valence-corrected chi connectivity index (χ4v) is 2.75. The summed E-state index contributed by atoms with van der Waals surface area (Å²) in [5.41, 5.74) is 1.25. The zero-order valence-electron chi connectivity index (χ0n) is 15.2. The first-order valence-electron chi connectivity index (χ1n) is 8.98. The summed E-state index contributed by atoms with van der Waals surface area (Å²) in [4.78, 5) is 22.4. The molecule has 0 bridgehead atoms. The number of carbonyl (C=O) groups excluding carboxylic acids is 1. The summed E-state index contributed by atoms with van der Waals surface area (Å²) in [6.45, 7) is 4.08. The third-order valence-electron chi connectivity index (χ3n) is 4.20. The molecule has 0 aromatic heterocycles. The number of aliphatic carboxylic acids is 1. The molecule has 0 spiro atoms. The summed E-state index contributed by atoms with van der Waals surface area (Å²) >= 11 is 0. The molecule has 1 rings (SSSR count). The first-order chi connectivity index (χ1) is 11.9. The third kappa shape index (κ3) is 9.20. The van der Waals surface area contributed by atoms with Crippen LogP contribution in [0.5, 0.6) is 0 Å². The van der Waals surface area contributed by atoms with E-state index in [1.807, 2.05) is 38.2 Å². The smallest absolute Gasteiger partial charge is 0.303 e. The Kier molecular flexibility index (Phi) is 9.78. The van der Waals surface area contributed by atoms with E-state index < -0.39 is 12.1 Å². The monoisotopic (exact) mass is 346 g/mol. The minimum absolute atomic E-state index is 0.0225. The fourth-order valence-electron chi connectivity index (χ4n) is 2.75. The first kappa shape index (κ1) is 21.1. The molecule has 0 heterocycles. The van der Waals surface area contributed by atoms with Crippen molar-refractivity contribution in [1.29, 1.82) is 0 Å². The second-order valence-corrected chi connectivity index (χ2v) is 6.75. The van der Waals surface area contributed by atoms with E-state index in [0.717, 1.165) is 6.42 Å². The maximum Gasteiger partial charge on any atom is 0.303 e. The average molecular weight is 346 g/mol. The van der Waals surface area contributed by atoms with Crippen molar-refractivity contribution in [3.8, 4) is 0 Å². The lowest BCUT2D eigenvalue weighted by Crippen LogP contribution is -2.14. The molecule has 0 fully saturated rings. The normalized spacial score (nSPS) is 21.3. The topological polar surface area (TPSA) is 74.6 Å². The van der Waals surface area contributed by atoms with Crippen LogP contribution < -0.4 is 0 Å². The number of aliphatic hydroxyl groups excluding tert-OH is 1. The minimum Gasteiger partial charge on any atom is -0.481 e. The molecule has 1 aliphatic carbocycles. The summed E-state index contributed by atoms with van der Waals surface area (Å²) in [6, 6.07) is 0. The van der Waals surface area contributed by atoms with Gasteiger partial charge in [0.05, 0.1) is 6.10 Å². The van der Waals surface area contributed by atoms with Gasteiger partial charge in [0, 0.05) is 18.3 Å². The average Bonchev–Trinajstić information content (AvgIpc) is 2.88. The number of rotatable bonds is 11. The zero-order chi connectivity index (χ0) is 18.7. The second-order valence-electron chi connectivity index (χ2n) is 6.75. The van der Waals surface area contributed by atoms with Crippen molar-refractivity contribution in [2.45, 2.75) is 58.5 Å². The van der Waals surface area contributed by atoms with Gasteiger partial charge in [-0.15, -0.1) is 0 Å². The van der Waals surface area contributed by atoms with Crippen LogP contribution in [0, 0.1) is 11.8 Å². The predicted octanol–water partition coefficient (Wildman–Crippen LogP) is 4.22. The molecular weight excluding hydrogens is 316 g/mol. The Morgan fingerprint density at radius 1 is 1.28 bits per heavy atom. The predicted molar refractivity (Wildman–Crippen MR) is 100 cm³/mol.